The van der Waals surface area contributed by atoms with E-state index in [0.29, 0.717) is 42.0 Å². The van der Waals surface area contributed by atoms with Crippen molar-refractivity contribution < 1.29 is 9.72 Å². The highest BCUT2D eigenvalue weighted by molar-refractivity contribution is 7.99. The molecule has 3 aromatic rings. The number of rotatable bonds is 7. The summed E-state index contributed by atoms with van der Waals surface area (Å²) >= 11 is 7.23. The number of piperazine rings is 1. The molecule has 33 heavy (non-hydrogen) atoms. The van der Waals surface area contributed by atoms with Gasteiger partial charge in [0.25, 0.3) is 5.69 Å². The number of nitro groups is 1. The molecule has 1 aliphatic heterocycles. The van der Waals surface area contributed by atoms with Crippen molar-refractivity contribution in [2.24, 2.45) is 0 Å². The van der Waals surface area contributed by atoms with Gasteiger partial charge in [0.15, 0.2) is 5.16 Å². The van der Waals surface area contributed by atoms with Crippen LogP contribution in [0.4, 0.5) is 17.2 Å². The number of nitrogens with zero attached hydrogens (tertiary/aromatic N) is 5. The molecule has 11 heteroatoms. The predicted molar refractivity (Wildman–Crippen MR) is 131 cm³/mol. The van der Waals surface area contributed by atoms with E-state index in [4.69, 9.17) is 11.6 Å². The van der Waals surface area contributed by atoms with Crippen LogP contribution in [0.5, 0.6) is 0 Å². The minimum atomic E-state index is -0.430. The topological polar surface area (TPSA) is 105 Å². The molecule has 1 N–H and O–H groups in total. The van der Waals surface area contributed by atoms with Crippen molar-refractivity contribution in [3.63, 3.8) is 0 Å². The highest BCUT2D eigenvalue weighted by Crippen LogP contribution is 2.32. The number of benzene rings is 2. The van der Waals surface area contributed by atoms with E-state index in [9.17, 15) is 14.9 Å². The van der Waals surface area contributed by atoms with Crippen molar-refractivity contribution in [2.45, 2.75) is 12.1 Å². The number of fused-ring (bicyclic) bond motifs is 1. The Bertz CT molecular complexity index is 1190. The molecular weight excluding hydrogens is 464 g/mol. The molecule has 1 fully saturated rings. The Labute approximate surface area is 200 Å². The lowest BCUT2D eigenvalue weighted by Gasteiger charge is -2.35. The van der Waals surface area contributed by atoms with Crippen LogP contribution >= 0.6 is 23.4 Å². The van der Waals surface area contributed by atoms with Crippen LogP contribution in [0.1, 0.15) is 6.92 Å². The summed E-state index contributed by atoms with van der Waals surface area (Å²) in [5.41, 5.74) is 1.32. The van der Waals surface area contributed by atoms with E-state index in [1.807, 2.05) is 36.1 Å². The number of thioether (sulfide) groups is 1. The van der Waals surface area contributed by atoms with Crippen LogP contribution in [0.3, 0.4) is 0 Å². The van der Waals surface area contributed by atoms with Gasteiger partial charge in [-0.25, -0.2) is 9.97 Å². The van der Waals surface area contributed by atoms with Gasteiger partial charge in [-0.05, 0) is 31.2 Å². The van der Waals surface area contributed by atoms with Crippen molar-refractivity contribution in [1.82, 2.24) is 14.9 Å². The number of hydrogen-bond donors (Lipinski definition) is 1. The number of amides is 1. The molecule has 0 aliphatic carbocycles. The zero-order chi connectivity index (χ0) is 23.4. The molecule has 172 valence electrons. The predicted octanol–water partition coefficient (Wildman–Crippen LogP) is 4.06. The minimum Gasteiger partial charge on any atom is -0.370 e. The lowest BCUT2D eigenvalue weighted by atomic mass is 10.2. The summed E-state index contributed by atoms with van der Waals surface area (Å²) in [5.74, 6) is 0.980. The standard InChI is InChI=1S/C22H23ClN6O3S/c1-2-24-21-16-5-3-4-6-17(16)25-22(26-21)33-14-20(30)28-11-9-27(10-12-28)18-8-7-15(23)13-19(18)29(31)32/h3-8,13H,2,9-12,14H2,1H3,(H,24,25,26). The number of anilines is 2. The maximum absolute atomic E-state index is 12.8. The Morgan fingerprint density at radius 2 is 1.94 bits per heavy atom. The Morgan fingerprint density at radius 3 is 2.67 bits per heavy atom. The lowest BCUT2D eigenvalue weighted by Crippen LogP contribution is -2.49. The Kier molecular flexibility index (Phi) is 7.14. The fraction of sp³-hybridized carbons (Fsp3) is 0.318. The van der Waals surface area contributed by atoms with Gasteiger partial charge >= 0.3 is 0 Å². The van der Waals surface area contributed by atoms with Gasteiger partial charge in [-0.2, -0.15) is 0 Å². The third-order valence-corrected chi connectivity index (χ3v) is 6.43. The van der Waals surface area contributed by atoms with Gasteiger partial charge in [0, 0.05) is 49.2 Å². The lowest BCUT2D eigenvalue weighted by molar-refractivity contribution is -0.384. The van der Waals surface area contributed by atoms with Crippen LogP contribution in [0, 0.1) is 10.1 Å². The average Bonchev–Trinajstić information content (AvgIpc) is 2.83. The van der Waals surface area contributed by atoms with Crippen LogP contribution < -0.4 is 10.2 Å². The van der Waals surface area contributed by atoms with E-state index >= 15 is 0 Å². The van der Waals surface area contributed by atoms with E-state index in [1.165, 1.54) is 17.8 Å². The van der Waals surface area contributed by atoms with E-state index in [-0.39, 0.29) is 17.3 Å². The van der Waals surface area contributed by atoms with Gasteiger partial charge in [0.2, 0.25) is 5.91 Å². The summed E-state index contributed by atoms with van der Waals surface area (Å²) < 4.78 is 0. The molecule has 1 saturated heterocycles. The molecule has 1 aromatic heterocycles. The largest absolute Gasteiger partial charge is 0.370 e. The summed E-state index contributed by atoms with van der Waals surface area (Å²) in [5, 5.41) is 16.5. The number of hydrogen-bond acceptors (Lipinski definition) is 8. The first-order valence-electron chi connectivity index (χ1n) is 10.6. The van der Waals surface area contributed by atoms with Gasteiger partial charge in [-0.1, -0.05) is 35.5 Å². The first-order valence-corrected chi connectivity index (χ1v) is 11.9. The molecule has 2 heterocycles. The molecule has 0 atom stereocenters. The first kappa shape index (κ1) is 23.1. The molecule has 1 amide bonds. The minimum absolute atomic E-state index is 0.00739. The van der Waals surface area contributed by atoms with E-state index in [1.54, 1.807) is 17.0 Å². The molecule has 0 bridgehead atoms. The van der Waals surface area contributed by atoms with Crippen molar-refractivity contribution in [1.29, 1.82) is 0 Å². The molecule has 9 nitrogen and oxygen atoms in total. The molecule has 0 spiro atoms. The molecule has 0 radical (unpaired) electrons. The highest BCUT2D eigenvalue weighted by Gasteiger charge is 2.26. The number of halogens is 1. The second kappa shape index (κ2) is 10.2. The highest BCUT2D eigenvalue weighted by atomic mass is 35.5. The summed E-state index contributed by atoms with van der Waals surface area (Å²) in [7, 11) is 0. The van der Waals surface area contributed by atoms with E-state index in [2.05, 4.69) is 15.3 Å². The van der Waals surface area contributed by atoms with Crippen molar-refractivity contribution in [3.05, 3.63) is 57.6 Å². The second-order valence-electron chi connectivity index (χ2n) is 7.45. The number of nitro benzene ring substituents is 1. The van der Waals surface area contributed by atoms with Crippen LogP contribution in [-0.4, -0.2) is 64.2 Å². The van der Waals surface area contributed by atoms with Gasteiger partial charge in [0.05, 0.1) is 16.2 Å². The Balaban J connectivity index is 1.38. The zero-order valence-electron chi connectivity index (χ0n) is 18.0. The summed E-state index contributed by atoms with van der Waals surface area (Å²) in [6.45, 7) is 4.73. The number of nitrogens with one attached hydrogen (secondary N) is 1. The molecule has 4 rings (SSSR count). The van der Waals surface area contributed by atoms with Crippen LogP contribution in [0.2, 0.25) is 5.02 Å². The van der Waals surface area contributed by atoms with Gasteiger partial charge in [-0.15, -0.1) is 0 Å². The fourth-order valence-corrected chi connectivity index (χ4v) is 4.67. The smallest absolute Gasteiger partial charge is 0.294 e. The number of carbonyl (C=O) groups is 1. The SMILES string of the molecule is CCNc1nc(SCC(=O)N2CCN(c3ccc(Cl)cc3[N+](=O)[O-])CC2)nc2ccccc12. The Hall–Kier alpha value is -3.11. The van der Waals surface area contributed by atoms with E-state index in [0.717, 1.165) is 23.3 Å². The third kappa shape index (κ3) is 5.28. The monoisotopic (exact) mass is 486 g/mol. The normalized spacial score (nSPS) is 13.9. The number of aromatic nitrogens is 2. The van der Waals surface area contributed by atoms with Crippen molar-refractivity contribution >= 4 is 57.4 Å². The first-order chi connectivity index (χ1) is 16.0. The van der Waals surface area contributed by atoms with Gasteiger partial charge in [-0.3, -0.25) is 14.9 Å². The van der Waals surface area contributed by atoms with Crippen molar-refractivity contribution in [3.8, 4) is 0 Å². The summed E-state index contributed by atoms with van der Waals surface area (Å²) in [4.78, 5) is 36.6. The summed E-state index contributed by atoms with van der Waals surface area (Å²) in [6, 6.07) is 12.4. The number of carbonyl (C=O) groups excluding carboxylic acids is 1. The zero-order valence-corrected chi connectivity index (χ0v) is 19.6. The number of para-hydroxylation sites is 1. The van der Waals surface area contributed by atoms with Gasteiger partial charge in [0.1, 0.15) is 11.5 Å². The molecule has 1 aliphatic rings. The maximum Gasteiger partial charge on any atom is 0.294 e. The third-order valence-electron chi connectivity index (χ3n) is 5.36. The molecule has 2 aromatic carbocycles. The Morgan fingerprint density at radius 1 is 1.18 bits per heavy atom. The van der Waals surface area contributed by atoms with Crippen molar-refractivity contribution in [2.75, 3.05) is 48.7 Å². The fourth-order valence-electron chi connectivity index (χ4n) is 3.75. The summed E-state index contributed by atoms with van der Waals surface area (Å²) in [6.07, 6.45) is 0. The molecule has 0 saturated carbocycles. The molecular formula is C22H23ClN6O3S. The maximum atomic E-state index is 12.8. The van der Waals surface area contributed by atoms with Gasteiger partial charge < -0.3 is 15.1 Å². The van der Waals surface area contributed by atoms with Crippen LogP contribution in [0.15, 0.2) is 47.6 Å². The molecule has 0 unspecified atom stereocenters. The van der Waals surface area contributed by atoms with Crippen LogP contribution in [-0.2, 0) is 4.79 Å². The van der Waals surface area contributed by atoms with Crippen LogP contribution in [0.25, 0.3) is 10.9 Å². The average molecular weight is 487 g/mol. The van der Waals surface area contributed by atoms with E-state index < -0.39 is 4.92 Å². The quantitative estimate of drug-likeness (QED) is 0.231. The second-order valence-corrected chi connectivity index (χ2v) is 8.83.